The monoisotopic (exact) mass is 206 g/mol. The van der Waals surface area contributed by atoms with Crippen LogP contribution in [0, 0.1) is 0 Å². The summed E-state index contributed by atoms with van der Waals surface area (Å²) in [5, 5.41) is 8.75. The Morgan fingerprint density at radius 3 is 3.07 bits per heavy atom. The van der Waals surface area contributed by atoms with Crippen molar-refractivity contribution in [3.05, 3.63) is 23.3 Å². The zero-order valence-electron chi connectivity index (χ0n) is 8.73. The van der Waals surface area contributed by atoms with Gasteiger partial charge in [-0.1, -0.05) is 6.92 Å². The van der Waals surface area contributed by atoms with E-state index in [2.05, 4.69) is 9.97 Å². The van der Waals surface area contributed by atoms with Gasteiger partial charge in [-0.2, -0.15) is 0 Å². The molecule has 80 valence electrons. The van der Waals surface area contributed by atoms with Crippen molar-refractivity contribution in [1.82, 2.24) is 9.97 Å². The number of aromatic nitrogens is 2. The fraction of sp³-hybridized carbons (Fsp3) is 0.545. The van der Waals surface area contributed by atoms with Crippen LogP contribution in [0.5, 0.6) is 0 Å². The molecular formula is C11H14N2O2. The molecule has 0 amide bonds. The first-order valence-corrected chi connectivity index (χ1v) is 5.23. The maximum atomic E-state index is 10.6. The fourth-order valence-corrected chi connectivity index (χ4v) is 2.17. The Labute approximate surface area is 88.4 Å². The van der Waals surface area contributed by atoms with Crippen LogP contribution >= 0.6 is 0 Å². The molecule has 1 aliphatic carbocycles. The summed E-state index contributed by atoms with van der Waals surface area (Å²) in [4.78, 5) is 19.1. The molecule has 0 saturated heterocycles. The molecule has 4 heteroatoms. The number of hydrogen-bond acceptors (Lipinski definition) is 3. The lowest BCUT2D eigenvalue weighted by Crippen LogP contribution is -2.08. The number of carbonyl (C=O) groups is 1. The van der Waals surface area contributed by atoms with Gasteiger partial charge < -0.3 is 5.11 Å². The lowest BCUT2D eigenvalue weighted by Gasteiger charge is -2.11. The molecule has 2 rings (SSSR count). The molecule has 15 heavy (non-hydrogen) atoms. The van der Waals surface area contributed by atoms with Crippen LogP contribution in [-0.4, -0.2) is 21.0 Å². The van der Waals surface area contributed by atoms with Crippen molar-refractivity contribution < 1.29 is 9.90 Å². The van der Waals surface area contributed by atoms with E-state index >= 15 is 0 Å². The van der Waals surface area contributed by atoms with Gasteiger partial charge in [0.25, 0.3) is 0 Å². The van der Waals surface area contributed by atoms with Crippen molar-refractivity contribution in [3.63, 3.8) is 0 Å². The van der Waals surface area contributed by atoms with Crippen molar-refractivity contribution in [2.45, 2.75) is 38.5 Å². The standard InChI is InChI=1S/C11H14N2O2/c1-7(5-10(14)15)11-8-3-2-4-9(8)12-6-13-11/h6-7H,2-5H2,1H3,(H,14,15). The largest absolute Gasteiger partial charge is 0.481 e. The van der Waals surface area contributed by atoms with Gasteiger partial charge in [-0.25, -0.2) is 9.97 Å². The minimum Gasteiger partial charge on any atom is -0.481 e. The molecule has 0 aromatic carbocycles. The van der Waals surface area contributed by atoms with E-state index in [0.717, 1.165) is 30.7 Å². The van der Waals surface area contributed by atoms with Crippen LogP contribution in [0.4, 0.5) is 0 Å². The first-order valence-electron chi connectivity index (χ1n) is 5.23. The number of nitrogens with zero attached hydrogens (tertiary/aromatic N) is 2. The summed E-state index contributed by atoms with van der Waals surface area (Å²) < 4.78 is 0. The Kier molecular flexibility index (Phi) is 2.66. The molecule has 1 N–H and O–H groups in total. The molecule has 0 saturated carbocycles. The van der Waals surface area contributed by atoms with E-state index in [-0.39, 0.29) is 12.3 Å². The van der Waals surface area contributed by atoms with Gasteiger partial charge in [-0.3, -0.25) is 4.79 Å². The highest BCUT2D eigenvalue weighted by atomic mass is 16.4. The summed E-state index contributed by atoms with van der Waals surface area (Å²) in [5.41, 5.74) is 3.23. The highest BCUT2D eigenvalue weighted by Crippen LogP contribution is 2.28. The van der Waals surface area contributed by atoms with Gasteiger partial charge in [0, 0.05) is 11.6 Å². The maximum Gasteiger partial charge on any atom is 0.304 e. The Hall–Kier alpha value is -1.45. The quantitative estimate of drug-likeness (QED) is 0.814. The van der Waals surface area contributed by atoms with Gasteiger partial charge in [0.05, 0.1) is 12.1 Å². The van der Waals surface area contributed by atoms with E-state index in [9.17, 15) is 4.79 Å². The predicted molar refractivity (Wildman–Crippen MR) is 54.7 cm³/mol. The zero-order chi connectivity index (χ0) is 10.8. The average Bonchev–Trinajstić information content (AvgIpc) is 2.63. The average molecular weight is 206 g/mol. The van der Waals surface area contributed by atoms with Gasteiger partial charge in [0.1, 0.15) is 6.33 Å². The van der Waals surface area contributed by atoms with Crippen LogP contribution in [0.2, 0.25) is 0 Å². The van der Waals surface area contributed by atoms with Crippen LogP contribution in [-0.2, 0) is 17.6 Å². The molecule has 1 aliphatic rings. The summed E-state index contributed by atoms with van der Waals surface area (Å²) in [5.74, 6) is -0.787. The number of hydrogen-bond donors (Lipinski definition) is 1. The van der Waals surface area contributed by atoms with Crippen molar-refractivity contribution in [1.29, 1.82) is 0 Å². The lowest BCUT2D eigenvalue weighted by molar-refractivity contribution is -0.137. The number of rotatable bonds is 3. The number of carboxylic acids is 1. The van der Waals surface area contributed by atoms with Gasteiger partial charge in [-0.15, -0.1) is 0 Å². The normalized spacial score (nSPS) is 16.1. The summed E-state index contributed by atoms with van der Waals surface area (Å²) in [6, 6.07) is 0. The summed E-state index contributed by atoms with van der Waals surface area (Å²) in [6.45, 7) is 1.91. The van der Waals surface area contributed by atoms with Gasteiger partial charge in [-0.05, 0) is 24.8 Å². The molecule has 1 unspecified atom stereocenters. The molecule has 1 aromatic rings. The number of carboxylic acid groups (broad SMARTS) is 1. The second-order valence-corrected chi connectivity index (χ2v) is 4.04. The van der Waals surface area contributed by atoms with Crippen LogP contribution in [0.1, 0.15) is 42.6 Å². The first kappa shape index (κ1) is 10.1. The van der Waals surface area contributed by atoms with E-state index in [0.29, 0.717) is 0 Å². The third kappa shape index (κ3) is 1.98. The number of aliphatic carboxylic acids is 1. The van der Waals surface area contributed by atoms with E-state index in [1.807, 2.05) is 6.92 Å². The zero-order valence-corrected chi connectivity index (χ0v) is 8.73. The van der Waals surface area contributed by atoms with Crippen molar-refractivity contribution in [2.24, 2.45) is 0 Å². The number of aryl methyl sites for hydroxylation is 1. The summed E-state index contributed by atoms with van der Waals surface area (Å²) in [6.07, 6.45) is 4.81. The minimum atomic E-state index is -0.771. The molecule has 0 bridgehead atoms. The first-order chi connectivity index (χ1) is 7.18. The molecule has 0 fully saturated rings. The van der Waals surface area contributed by atoms with Crippen LogP contribution in [0.15, 0.2) is 6.33 Å². The van der Waals surface area contributed by atoms with Crippen LogP contribution in [0.25, 0.3) is 0 Å². The third-order valence-electron chi connectivity index (χ3n) is 2.86. The molecule has 1 aromatic heterocycles. The highest BCUT2D eigenvalue weighted by molar-refractivity contribution is 5.68. The van der Waals surface area contributed by atoms with E-state index in [1.54, 1.807) is 6.33 Å². The minimum absolute atomic E-state index is 0.0163. The Balaban J connectivity index is 2.28. The molecule has 1 heterocycles. The lowest BCUT2D eigenvalue weighted by atomic mass is 9.98. The van der Waals surface area contributed by atoms with Crippen LogP contribution in [0.3, 0.4) is 0 Å². The Morgan fingerprint density at radius 1 is 1.53 bits per heavy atom. The summed E-state index contributed by atoms with van der Waals surface area (Å²) in [7, 11) is 0. The SMILES string of the molecule is CC(CC(=O)O)c1ncnc2c1CCC2. The molecule has 0 radical (unpaired) electrons. The molecule has 4 nitrogen and oxygen atoms in total. The highest BCUT2D eigenvalue weighted by Gasteiger charge is 2.21. The van der Waals surface area contributed by atoms with Crippen molar-refractivity contribution in [3.8, 4) is 0 Å². The maximum absolute atomic E-state index is 10.6. The topological polar surface area (TPSA) is 63.1 Å². The second kappa shape index (κ2) is 3.96. The van der Waals surface area contributed by atoms with Crippen molar-refractivity contribution >= 4 is 5.97 Å². The van der Waals surface area contributed by atoms with Gasteiger partial charge in [0.15, 0.2) is 0 Å². The van der Waals surface area contributed by atoms with Gasteiger partial charge >= 0.3 is 5.97 Å². The van der Waals surface area contributed by atoms with Crippen molar-refractivity contribution in [2.75, 3.05) is 0 Å². The molecule has 1 atom stereocenters. The van der Waals surface area contributed by atoms with Crippen LogP contribution < -0.4 is 0 Å². The molecular weight excluding hydrogens is 192 g/mol. The third-order valence-corrected chi connectivity index (χ3v) is 2.86. The molecule has 0 spiro atoms. The van der Waals surface area contributed by atoms with E-state index in [4.69, 9.17) is 5.11 Å². The smallest absolute Gasteiger partial charge is 0.304 e. The predicted octanol–water partition coefficient (Wildman–Crippen LogP) is 1.54. The second-order valence-electron chi connectivity index (χ2n) is 4.04. The summed E-state index contributed by atoms with van der Waals surface area (Å²) >= 11 is 0. The molecule has 0 aliphatic heterocycles. The Bertz CT molecular complexity index is 390. The van der Waals surface area contributed by atoms with Gasteiger partial charge in [0.2, 0.25) is 0 Å². The van der Waals surface area contributed by atoms with E-state index < -0.39 is 5.97 Å². The fourth-order valence-electron chi connectivity index (χ4n) is 2.17. The number of fused-ring (bicyclic) bond motifs is 1. The van der Waals surface area contributed by atoms with E-state index in [1.165, 1.54) is 5.56 Å². The Morgan fingerprint density at radius 2 is 2.33 bits per heavy atom.